The van der Waals surface area contributed by atoms with Gasteiger partial charge in [-0.15, -0.1) is 0 Å². The zero-order valence-corrected chi connectivity index (χ0v) is 26.6. The predicted molar refractivity (Wildman–Crippen MR) is 149 cm³/mol. The smallest absolute Gasteiger partial charge is 1.00 e. The van der Waals surface area contributed by atoms with Gasteiger partial charge in [-0.1, -0.05) is 71.2 Å². The average Bonchev–Trinajstić information content (AvgIpc) is 2.84. The van der Waals surface area contributed by atoms with E-state index in [9.17, 15) is 0 Å². The summed E-state index contributed by atoms with van der Waals surface area (Å²) in [7, 11) is 0. The number of nitrogens with zero attached hydrogens (tertiary/aromatic N) is 3. The Morgan fingerprint density at radius 3 is 1.62 bits per heavy atom. The number of halogens is 2. The molecule has 0 atom stereocenters. The molecule has 0 aliphatic heterocycles. The third-order valence-electron chi connectivity index (χ3n) is 5.87. The van der Waals surface area contributed by atoms with Crippen molar-refractivity contribution < 1.29 is 51.0 Å². The third kappa shape index (κ3) is 9.00. The average molecular weight is 665 g/mol. The molecule has 1 aromatic heterocycles. The number of hydrogen-bond acceptors (Lipinski definition) is 3. The Kier molecular flexibility index (Phi) is 15.1. The van der Waals surface area contributed by atoms with Crippen LogP contribution >= 0.6 is 0 Å². The molecule has 3 nitrogen and oxygen atoms in total. The van der Waals surface area contributed by atoms with Crippen molar-refractivity contribution in [2.24, 2.45) is 9.98 Å². The summed E-state index contributed by atoms with van der Waals surface area (Å²) in [6, 6.07) is 18.4. The molecule has 3 aromatic rings. The van der Waals surface area contributed by atoms with E-state index < -0.39 is 0 Å². The first kappa shape index (κ1) is 34.9. The molecule has 37 heavy (non-hydrogen) atoms. The van der Waals surface area contributed by atoms with Gasteiger partial charge in [0.05, 0.1) is 34.2 Å². The van der Waals surface area contributed by atoms with E-state index in [4.69, 9.17) is 15.0 Å². The molecule has 0 amide bonds. The van der Waals surface area contributed by atoms with E-state index in [2.05, 4.69) is 53.0 Å². The van der Waals surface area contributed by atoms with Crippen LogP contribution < -0.4 is 34.0 Å². The van der Waals surface area contributed by atoms with Crippen molar-refractivity contribution in [1.82, 2.24) is 4.98 Å². The van der Waals surface area contributed by atoms with Crippen molar-refractivity contribution in [1.29, 1.82) is 0 Å². The minimum absolute atomic E-state index is 0. The standard InChI is InChI=1S/C31H35N3.2BrH.Fe/c1-9-24-14-16-26(17-15-24)32-22(7)29-12-11-13-30(34-29)23(8)33-31-27(20(3)4)18-25(10-2)19-28(31)21(5)6;;;/h9-21H,1-2H2,3-8H3;2*1H;/q;;;+2/p-2. The van der Waals surface area contributed by atoms with E-state index in [1.165, 1.54) is 11.1 Å². The molecule has 0 fully saturated rings. The van der Waals surface area contributed by atoms with E-state index >= 15 is 0 Å². The minimum Gasteiger partial charge on any atom is -1.00 e. The molecule has 196 valence electrons. The van der Waals surface area contributed by atoms with E-state index in [0.29, 0.717) is 11.8 Å². The Morgan fingerprint density at radius 2 is 1.19 bits per heavy atom. The van der Waals surface area contributed by atoms with Crippen LogP contribution in [-0.4, -0.2) is 16.4 Å². The summed E-state index contributed by atoms with van der Waals surface area (Å²) in [5.41, 5.74) is 10.1. The number of benzene rings is 2. The van der Waals surface area contributed by atoms with Crippen LogP contribution in [0.3, 0.4) is 0 Å². The van der Waals surface area contributed by atoms with E-state index in [0.717, 1.165) is 45.3 Å². The second-order valence-corrected chi connectivity index (χ2v) is 9.16. The summed E-state index contributed by atoms with van der Waals surface area (Å²) >= 11 is 0. The third-order valence-corrected chi connectivity index (χ3v) is 5.87. The molecular weight excluding hydrogens is 630 g/mol. The minimum atomic E-state index is 0. The molecule has 1 heterocycles. The van der Waals surface area contributed by atoms with E-state index in [-0.39, 0.29) is 51.0 Å². The van der Waals surface area contributed by atoms with Gasteiger partial charge >= 0.3 is 17.1 Å². The number of rotatable bonds is 8. The molecule has 0 N–H and O–H groups in total. The number of pyridine rings is 1. The van der Waals surface area contributed by atoms with Crippen molar-refractivity contribution in [2.75, 3.05) is 0 Å². The van der Waals surface area contributed by atoms with Crippen molar-refractivity contribution in [3.8, 4) is 0 Å². The first-order chi connectivity index (χ1) is 16.2. The van der Waals surface area contributed by atoms with E-state index in [1.54, 1.807) is 0 Å². The molecule has 0 spiro atoms. The number of aliphatic imine (C=N–C) groups is 2. The molecule has 0 unspecified atom stereocenters. The number of hydrogen-bond donors (Lipinski definition) is 0. The van der Waals surface area contributed by atoms with Crippen LogP contribution in [0.5, 0.6) is 0 Å². The Hall–Kier alpha value is -2.11. The Balaban J connectivity index is 0.00000432. The molecule has 6 heteroatoms. The van der Waals surface area contributed by atoms with Crippen molar-refractivity contribution >= 4 is 35.0 Å². The van der Waals surface area contributed by atoms with Crippen LogP contribution in [-0.2, 0) is 17.1 Å². The van der Waals surface area contributed by atoms with Gasteiger partial charge in [-0.25, -0.2) is 4.98 Å². The Labute approximate surface area is 254 Å². The van der Waals surface area contributed by atoms with Gasteiger partial charge in [-0.05, 0) is 84.3 Å². The number of aromatic nitrogens is 1. The summed E-state index contributed by atoms with van der Waals surface area (Å²) in [5, 5.41) is 0. The monoisotopic (exact) mass is 663 g/mol. The maximum atomic E-state index is 5.12. The molecule has 0 radical (unpaired) electrons. The molecule has 0 aliphatic carbocycles. The van der Waals surface area contributed by atoms with Crippen LogP contribution in [0.25, 0.3) is 12.2 Å². The first-order valence-electron chi connectivity index (χ1n) is 11.8. The molecule has 3 rings (SSSR count). The van der Waals surface area contributed by atoms with E-state index in [1.807, 2.05) is 68.5 Å². The maximum absolute atomic E-state index is 5.12. The fourth-order valence-electron chi connectivity index (χ4n) is 3.83. The summed E-state index contributed by atoms with van der Waals surface area (Å²) in [4.78, 5) is 14.8. The van der Waals surface area contributed by atoms with Crippen molar-refractivity contribution in [3.63, 3.8) is 0 Å². The molecule has 0 saturated heterocycles. The van der Waals surface area contributed by atoms with Gasteiger partial charge in [0.2, 0.25) is 0 Å². The predicted octanol–water partition coefficient (Wildman–Crippen LogP) is 2.90. The van der Waals surface area contributed by atoms with Gasteiger partial charge in [-0.3, -0.25) is 9.98 Å². The molecule has 2 aromatic carbocycles. The molecule has 0 bridgehead atoms. The SMILES string of the molecule is C=Cc1ccc(N=C(C)c2cccc(C(C)=Nc3c(C(C)C)cc(C=C)cc3C(C)C)n2)cc1.[Br-].[Br-].[Fe+2]. The van der Waals surface area contributed by atoms with Crippen LogP contribution in [0, 0.1) is 0 Å². The van der Waals surface area contributed by atoms with Gasteiger partial charge in [0.15, 0.2) is 0 Å². The van der Waals surface area contributed by atoms with Crippen LogP contribution in [0.15, 0.2) is 77.7 Å². The van der Waals surface area contributed by atoms with Crippen molar-refractivity contribution in [2.45, 2.75) is 53.4 Å². The molecular formula is C31H35Br2FeN3. The van der Waals surface area contributed by atoms with Crippen LogP contribution in [0.4, 0.5) is 11.4 Å². The normalized spacial score (nSPS) is 11.4. The summed E-state index contributed by atoms with van der Waals surface area (Å²) < 4.78 is 0. The fraction of sp³-hybridized carbons (Fsp3) is 0.258. The first-order valence-corrected chi connectivity index (χ1v) is 11.8. The van der Waals surface area contributed by atoms with Crippen molar-refractivity contribution in [3.05, 3.63) is 101 Å². The van der Waals surface area contributed by atoms with Gasteiger partial charge in [0, 0.05) is 0 Å². The maximum Gasteiger partial charge on any atom is 2.00 e. The van der Waals surface area contributed by atoms with Gasteiger partial charge in [-0.2, -0.15) is 0 Å². The van der Waals surface area contributed by atoms with Crippen LogP contribution in [0.2, 0.25) is 0 Å². The molecule has 0 saturated carbocycles. The van der Waals surface area contributed by atoms with Gasteiger partial charge in [0.25, 0.3) is 0 Å². The van der Waals surface area contributed by atoms with Crippen LogP contribution in [0.1, 0.15) is 87.0 Å². The van der Waals surface area contributed by atoms with Gasteiger partial charge < -0.3 is 34.0 Å². The fourth-order valence-corrected chi connectivity index (χ4v) is 3.83. The summed E-state index contributed by atoms with van der Waals surface area (Å²) in [6.45, 7) is 20.6. The second kappa shape index (κ2) is 16.0. The Morgan fingerprint density at radius 1 is 0.730 bits per heavy atom. The Bertz CT molecular complexity index is 1230. The summed E-state index contributed by atoms with van der Waals surface area (Å²) in [6.07, 6.45) is 3.74. The zero-order chi connectivity index (χ0) is 24.8. The van der Waals surface area contributed by atoms with Gasteiger partial charge in [0.1, 0.15) is 0 Å². The molecule has 0 aliphatic rings. The second-order valence-electron chi connectivity index (χ2n) is 9.16. The summed E-state index contributed by atoms with van der Waals surface area (Å²) in [5.74, 6) is 0.704. The largest absolute Gasteiger partial charge is 2.00 e. The zero-order valence-electron chi connectivity index (χ0n) is 22.4. The topological polar surface area (TPSA) is 37.6 Å². The quantitative estimate of drug-likeness (QED) is 0.270.